The second-order valence-corrected chi connectivity index (χ2v) is 5.94. The molecule has 0 radical (unpaired) electrons. The van der Waals surface area contributed by atoms with E-state index >= 15 is 0 Å². The summed E-state index contributed by atoms with van der Waals surface area (Å²) in [6.07, 6.45) is 2.74. The summed E-state index contributed by atoms with van der Waals surface area (Å²) in [6, 6.07) is 7.20. The quantitative estimate of drug-likeness (QED) is 0.890. The van der Waals surface area contributed by atoms with Gasteiger partial charge in [-0.2, -0.15) is 0 Å². The molecule has 5 nitrogen and oxygen atoms in total. The highest BCUT2D eigenvalue weighted by atomic mass is 35.5. The lowest BCUT2D eigenvalue weighted by Gasteiger charge is -2.27. The number of nitrogens with zero attached hydrogens (tertiary/aromatic N) is 1. The van der Waals surface area contributed by atoms with Gasteiger partial charge in [-0.25, -0.2) is 4.79 Å². The van der Waals surface area contributed by atoms with Crippen molar-refractivity contribution in [3.63, 3.8) is 0 Å². The lowest BCUT2D eigenvalue weighted by Crippen LogP contribution is -2.48. The van der Waals surface area contributed by atoms with E-state index in [9.17, 15) is 9.59 Å². The number of hydrogen-bond acceptors (Lipinski definition) is 2. The molecule has 2 N–H and O–H groups in total. The molecule has 0 saturated carbocycles. The van der Waals surface area contributed by atoms with Gasteiger partial charge >= 0.3 is 6.03 Å². The predicted molar refractivity (Wildman–Crippen MR) is 80.2 cm³/mol. The zero-order chi connectivity index (χ0) is 14.8. The van der Waals surface area contributed by atoms with Crippen LogP contribution in [0.2, 0.25) is 5.02 Å². The maximum absolute atomic E-state index is 12.5. The number of carbonyl (C=O) groups is 2. The third-order valence-electron chi connectivity index (χ3n) is 4.14. The third kappa shape index (κ3) is 2.97. The summed E-state index contributed by atoms with van der Waals surface area (Å²) in [6.45, 7) is 1.12. The molecule has 3 rings (SSSR count). The van der Waals surface area contributed by atoms with Gasteiger partial charge in [0.25, 0.3) is 0 Å². The number of carbonyl (C=O) groups excluding carboxylic acids is 2. The molecule has 0 spiro atoms. The van der Waals surface area contributed by atoms with Crippen molar-refractivity contribution < 1.29 is 9.59 Å². The fourth-order valence-corrected chi connectivity index (χ4v) is 3.27. The molecular formula is C15H18ClN3O2. The van der Waals surface area contributed by atoms with Crippen LogP contribution in [-0.4, -0.2) is 42.0 Å². The van der Waals surface area contributed by atoms with Crippen LogP contribution in [0.5, 0.6) is 0 Å². The lowest BCUT2D eigenvalue weighted by atomic mass is 10.0. The highest BCUT2D eigenvalue weighted by Gasteiger charge is 2.36. The van der Waals surface area contributed by atoms with E-state index in [1.54, 1.807) is 0 Å². The molecule has 2 atom stereocenters. The Morgan fingerprint density at radius 3 is 2.90 bits per heavy atom. The van der Waals surface area contributed by atoms with E-state index in [2.05, 4.69) is 10.6 Å². The van der Waals surface area contributed by atoms with Gasteiger partial charge in [-0.05, 0) is 30.9 Å². The van der Waals surface area contributed by atoms with Crippen molar-refractivity contribution >= 4 is 23.5 Å². The topological polar surface area (TPSA) is 61.4 Å². The number of likely N-dealkylation sites (tertiary alicyclic amines) is 1. The number of halogens is 1. The van der Waals surface area contributed by atoms with Crippen LogP contribution < -0.4 is 10.6 Å². The molecule has 21 heavy (non-hydrogen) atoms. The summed E-state index contributed by atoms with van der Waals surface area (Å²) in [7, 11) is 0. The Kier molecular flexibility index (Phi) is 4.01. The van der Waals surface area contributed by atoms with Crippen LogP contribution in [-0.2, 0) is 11.2 Å². The molecule has 0 unspecified atom stereocenters. The van der Waals surface area contributed by atoms with E-state index in [1.165, 1.54) is 0 Å². The summed E-state index contributed by atoms with van der Waals surface area (Å²) in [5, 5.41) is 6.03. The second-order valence-electron chi connectivity index (χ2n) is 5.53. The van der Waals surface area contributed by atoms with Crippen molar-refractivity contribution in [1.82, 2.24) is 15.5 Å². The van der Waals surface area contributed by atoms with E-state index < -0.39 is 6.04 Å². The van der Waals surface area contributed by atoms with Crippen molar-refractivity contribution in [2.45, 2.75) is 31.3 Å². The van der Waals surface area contributed by atoms with Crippen molar-refractivity contribution in [2.75, 3.05) is 13.1 Å². The molecule has 2 fully saturated rings. The average molecular weight is 308 g/mol. The number of amides is 3. The van der Waals surface area contributed by atoms with Crippen LogP contribution in [0.4, 0.5) is 4.79 Å². The first kappa shape index (κ1) is 14.2. The zero-order valence-electron chi connectivity index (χ0n) is 11.6. The summed E-state index contributed by atoms with van der Waals surface area (Å²) in [4.78, 5) is 25.6. The molecule has 0 aliphatic carbocycles. The number of urea groups is 1. The van der Waals surface area contributed by atoms with Gasteiger partial charge < -0.3 is 15.5 Å². The summed E-state index contributed by atoms with van der Waals surface area (Å²) >= 11 is 6.21. The maximum Gasteiger partial charge on any atom is 0.315 e. The van der Waals surface area contributed by atoms with Gasteiger partial charge in [-0.3, -0.25) is 4.79 Å². The SMILES string of the molecule is O=C1NC[C@H](C(=O)N2CCC[C@H]2Cc2ccccc2Cl)N1. The second kappa shape index (κ2) is 5.93. The summed E-state index contributed by atoms with van der Waals surface area (Å²) < 4.78 is 0. The molecule has 0 bridgehead atoms. The Bertz CT molecular complexity index is 564. The first-order chi connectivity index (χ1) is 10.1. The van der Waals surface area contributed by atoms with Gasteiger partial charge in [0, 0.05) is 24.2 Å². The highest BCUT2D eigenvalue weighted by molar-refractivity contribution is 6.31. The Labute approximate surface area is 128 Å². The molecule has 2 saturated heterocycles. The standard InChI is InChI=1S/C15H18ClN3O2/c16-12-6-2-1-4-10(12)8-11-5-3-7-19(11)14(20)13-9-17-15(21)18-13/h1-2,4,6,11,13H,3,5,7-9H2,(H2,17,18,21)/t11-,13+/m0/s1. The molecule has 2 heterocycles. The van der Waals surface area contributed by atoms with Crippen LogP contribution in [0.15, 0.2) is 24.3 Å². The number of nitrogens with one attached hydrogen (secondary N) is 2. The molecule has 2 aliphatic rings. The van der Waals surface area contributed by atoms with Crippen LogP contribution in [0.3, 0.4) is 0 Å². The van der Waals surface area contributed by atoms with Crippen molar-refractivity contribution in [2.24, 2.45) is 0 Å². The molecule has 1 aromatic carbocycles. The Hall–Kier alpha value is -1.75. The van der Waals surface area contributed by atoms with E-state index in [4.69, 9.17) is 11.6 Å². The Morgan fingerprint density at radius 1 is 1.38 bits per heavy atom. The first-order valence-electron chi connectivity index (χ1n) is 7.23. The summed E-state index contributed by atoms with van der Waals surface area (Å²) in [5.74, 6) is 0.00269. The van der Waals surface area contributed by atoms with Crippen LogP contribution >= 0.6 is 11.6 Å². The van der Waals surface area contributed by atoms with E-state index in [-0.39, 0.29) is 18.0 Å². The smallest absolute Gasteiger partial charge is 0.315 e. The maximum atomic E-state index is 12.5. The Balaban J connectivity index is 1.69. The van der Waals surface area contributed by atoms with Gasteiger partial charge in [0.1, 0.15) is 6.04 Å². The number of hydrogen-bond donors (Lipinski definition) is 2. The molecular weight excluding hydrogens is 290 g/mol. The van der Waals surface area contributed by atoms with Gasteiger partial charge in [0.15, 0.2) is 0 Å². The van der Waals surface area contributed by atoms with Gasteiger partial charge in [0.05, 0.1) is 0 Å². The lowest BCUT2D eigenvalue weighted by molar-refractivity contribution is -0.133. The molecule has 3 amide bonds. The highest BCUT2D eigenvalue weighted by Crippen LogP contribution is 2.25. The molecule has 6 heteroatoms. The van der Waals surface area contributed by atoms with Crippen molar-refractivity contribution in [3.8, 4) is 0 Å². The van der Waals surface area contributed by atoms with Crippen LogP contribution in [0.25, 0.3) is 0 Å². The minimum atomic E-state index is -0.440. The van der Waals surface area contributed by atoms with Crippen LogP contribution in [0.1, 0.15) is 18.4 Å². The minimum absolute atomic E-state index is 0.00269. The van der Waals surface area contributed by atoms with E-state index in [0.717, 1.165) is 36.4 Å². The van der Waals surface area contributed by atoms with Gasteiger partial charge in [0.2, 0.25) is 5.91 Å². The third-order valence-corrected chi connectivity index (χ3v) is 4.51. The zero-order valence-corrected chi connectivity index (χ0v) is 12.4. The molecule has 112 valence electrons. The first-order valence-corrected chi connectivity index (χ1v) is 7.61. The molecule has 1 aromatic rings. The van der Waals surface area contributed by atoms with Gasteiger partial charge in [-0.15, -0.1) is 0 Å². The molecule has 0 aromatic heterocycles. The largest absolute Gasteiger partial charge is 0.338 e. The Morgan fingerprint density at radius 2 is 2.19 bits per heavy atom. The molecule has 2 aliphatic heterocycles. The number of benzene rings is 1. The minimum Gasteiger partial charge on any atom is -0.338 e. The summed E-state index contributed by atoms with van der Waals surface area (Å²) in [5.41, 5.74) is 1.07. The van der Waals surface area contributed by atoms with Crippen molar-refractivity contribution in [3.05, 3.63) is 34.9 Å². The average Bonchev–Trinajstić information content (AvgIpc) is 3.10. The normalized spacial score (nSPS) is 24.8. The monoisotopic (exact) mass is 307 g/mol. The van der Waals surface area contributed by atoms with E-state index in [0.29, 0.717) is 6.54 Å². The van der Waals surface area contributed by atoms with Gasteiger partial charge in [-0.1, -0.05) is 29.8 Å². The predicted octanol–water partition coefficient (Wildman–Crippen LogP) is 1.55. The van der Waals surface area contributed by atoms with Crippen LogP contribution in [0, 0.1) is 0 Å². The fourth-order valence-electron chi connectivity index (χ4n) is 3.06. The van der Waals surface area contributed by atoms with Crippen molar-refractivity contribution in [1.29, 1.82) is 0 Å². The van der Waals surface area contributed by atoms with E-state index in [1.807, 2.05) is 29.2 Å². The fraction of sp³-hybridized carbons (Fsp3) is 0.467. The number of rotatable bonds is 3.